The normalized spacial score (nSPS) is 10.2. The van der Waals surface area contributed by atoms with Gasteiger partial charge < -0.3 is 15.0 Å². The highest BCUT2D eigenvalue weighted by molar-refractivity contribution is 5.94. The number of ether oxygens (including phenoxy) is 1. The number of halogens is 1. The Kier molecular flexibility index (Phi) is 6.95. The molecule has 0 unspecified atom stereocenters. The van der Waals surface area contributed by atoms with Gasteiger partial charge in [0.1, 0.15) is 11.6 Å². The van der Waals surface area contributed by atoms with Crippen LogP contribution in [0.25, 0.3) is 0 Å². The van der Waals surface area contributed by atoms with Crippen LogP contribution < -0.4 is 10.1 Å². The van der Waals surface area contributed by atoms with Crippen LogP contribution in [0.3, 0.4) is 0 Å². The van der Waals surface area contributed by atoms with Gasteiger partial charge in [0.2, 0.25) is 11.8 Å². The zero-order valence-electron chi connectivity index (χ0n) is 14.1. The number of benzene rings is 2. The van der Waals surface area contributed by atoms with Crippen molar-refractivity contribution >= 4 is 17.5 Å². The van der Waals surface area contributed by atoms with Gasteiger partial charge in [0.15, 0.2) is 0 Å². The minimum atomic E-state index is -0.372. The molecule has 0 saturated heterocycles. The average molecular weight is 344 g/mol. The van der Waals surface area contributed by atoms with E-state index in [4.69, 9.17) is 4.74 Å². The lowest BCUT2D eigenvalue weighted by Crippen LogP contribution is -2.34. The molecule has 2 amide bonds. The quantitative estimate of drug-likeness (QED) is 0.749. The Morgan fingerprint density at radius 1 is 1.08 bits per heavy atom. The number of likely N-dealkylation sites (N-methyl/N-ethyl adjacent to an activating group) is 1. The Bertz CT molecular complexity index is 690. The SMILES string of the molecule is CN(CC(=O)Nc1ccc(F)cc1)C(=O)CCCOc1ccccc1. The number of nitrogens with zero attached hydrogens (tertiary/aromatic N) is 1. The molecule has 0 saturated carbocycles. The number of anilines is 1. The Labute approximate surface area is 146 Å². The monoisotopic (exact) mass is 344 g/mol. The summed E-state index contributed by atoms with van der Waals surface area (Å²) in [5.74, 6) is -0.0705. The molecule has 0 heterocycles. The Morgan fingerprint density at radius 2 is 1.76 bits per heavy atom. The van der Waals surface area contributed by atoms with Gasteiger partial charge in [-0.15, -0.1) is 0 Å². The molecule has 0 aliphatic rings. The summed E-state index contributed by atoms with van der Waals surface area (Å²) >= 11 is 0. The Hall–Kier alpha value is -2.89. The van der Waals surface area contributed by atoms with Crippen LogP contribution in [0.1, 0.15) is 12.8 Å². The maximum atomic E-state index is 12.8. The van der Waals surface area contributed by atoms with Gasteiger partial charge >= 0.3 is 0 Å². The fraction of sp³-hybridized carbons (Fsp3) is 0.263. The first-order valence-corrected chi connectivity index (χ1v) is 8.02. The van der Waals surface area contributed by atoms with Crippen LogP contribution in [0, 0.1) is 5.82 Å². The summed E-state index contributed by atoms with van der Waals surface area (Å²) in [5, 5.41) is 2.62. The number of carbonyl (C=O) groups is 2. The van der Waals surface area contributed by atoms with E-state index < -0.39 is 0 Å². The second-order valence-corrected chi connectivity index (χ2v) is 5.57. The van der Waals surface area contributed by atoms with Gasteiger partial charge in [-0.1, -0.05) is 18.2 Å². The van der Waals surface area contributed by atoms with Gasteiger partial charge in [-0.25, -0.2) is 4.39 Å². The van der Waals surface area contributed by atoms with Gasteiger partial charge in [0, 0.05) is 19.2 Å². The lowest BCUT2D eigenvalue weighted by molar-refractivity contribution is -0.133. The number of hydrogen-bond acceptors (Lipinski definition) is 3. The first-order valence-electron chi connectivity index (χ1n) is 8.02. The summed E-state index contributed by atoms with van der Waals surface area (Å²) in [4.78, 5) is 25.3. The second-order valence-electron chi connectivity index (χ2n) is 5.57. The van der Waals surface area contributed by atoms with E-state index in [9.17, 15) is 14.0 Å². The smallest absolute Gasteiger partial charge is 0.243 e. The average Bonchev–Trinajstić information content (AvgIpc) is 2.61. The molecule has 25 heavy (non-hydrogen) atoms. The molecule has 0 atom stereocenters. The minimum Gasteiger partial charge on any atom is -0.494 e. The molecule has 2 aromatic carbocycles. The van der Waals surface area contributed by atoms with Crippen molar-refractivity contribution in [3.05, 3.63) is 60.4 Å². The largest absolute Gasteiger partial charge is 0.494 e. The molecule has 1 N–H and O–H groups in total. The molecule has 0 fully saturated rings. The number of para-hydroxylation sites is 1. The molecule has 2 rings (SSSR count). The van der Waals surface area contributed by atoms with Crippen molar-refractivity contribution in [1.82, 2.24) is 4.90 Å². The van der Waals surface area contributed by atoms with Crippen LogP contribution in [0.5, 0.6) is 5.75 Å². The fourth-order valence-corrected chi connectivity index (χ4v) is 2.16. The van der Waals surface area contributed by atoms with Crippen molar-refractivity contribution in [1.29, 1.82) is 0 Å². The van der Waals surface area contributed by atoms with E-state index in [0.29, 0.717) is 25.1 Å². The molecule has 0 spiro atoms. The van der Waals surface area contributed by atoms with E-state index in [1.165, 1.54) is 29.2 Å². The number of nitrogens with one attached hydrogen (secondary N) is 1. The van der Waals surface area contributed by atoms with Crippen molar-refractivity contribution in [3.63, 3.8) is 0 Å². The first-order chi connectivity index (χ1) is 12.0. The standard InChI is InChI=1S/C19H21FN2O3/c1-22(14-18(23)21-16-11-9-15(20)10-12-16)19(24)8-5-13-25-17-6-3-2-4-7-17/h2-4,6-7,9-12H,5,8,13-14H2,1H3,(H,21,23). The molecule has 5 nitrogen and oxygen atoms in total. The van der Waals surface area contributed by atoms with E-state index in [0.717, 1.165) is 5.75 Å². The summed E-state index contributed by atoms with van der Waals surface area (Å²) in [6.45, 7) is 0.376. The molecule has 0 bridgehead atoms. The van der Waals surface area contributed by atoms with Crippen LogP contribution >= 0.6 is 0 Å². The van der Waals surface area contributed by atoms with Crippen molar-refractivity contribution in [2.24, 2.45) is 0 Å². The number of hydrogen-bond donors (Lipinski definition) is 1. The van der Waals surface area contributed by atoms with Gasteiger partial charge in [0.05, 0.1) is 13.2 Å². The second kappa shape index (κ2) is 9.42. The topological polar surface area (TPSA) is 58.6 Å². The first kappa shape index (κ1) is 18.4. The van der Waals surface area contributed by atoms with Crippen molar-refractivity contribution in [2.75, 3.05) is 25.5 Å². The van der Waals surface area contributed by atoms with Gasteiger partial charge in [-0.2, -0.15) is 0 Å². The van der Waals surface area contributed by atoms with Crippen LogP contribution in [0.15, 0.2) is 54.6 Å². The fourth-order valence-electron chi connectivity index (χ4n) is 2.16. The molecule has 6 heteroatoms. The summed E-state index contributed by atoms with van der Waals surface area (Å²) < 4.78 is 18.3. The summed E-state index contributed by atoms with van der Waals surface area (Å²) in [6, 6.07) is 14.8. The molecule has 0 radical (unpaired) electrons. The van der Waals surface area contributed by atoms with E-state index in [1.807, 2.05) is 30.3 Å². The van der Waals surface area contributed by atoms with Gasteiger partial charge in [-0.05, 0) is 42.8 Å². The zero-order chi connectivity index (χ0) is 18.1. The Morgan fingerprint density at radius 3 is 2.44 bits per heavy atom. The third-order valence-corrected chi connectivity index (χ3v) is 3.48. The molecule has 0 aliphatic carbocycles. The van der Waals surface area contributed by atoms with E-state index in [1.54, 1.807) is 7.05 Å². The molecule has 2 aromatic rings. The lowest BCUT2D eigenvalue weighted by atomic mass is 10.3. The maximum absolute atomic E-state index is 12.8. The van der Waals surface area contributed by atoms with Crippen LogP contribution in [0.4, 0.5) is 10.1 Å². The van der Waals surface area contributed by atoms with Gasteiger partial charge in [-0.3, -0.25) is 9.59 Å². The van der Waals surface area contributed by atoms with Crippen molar-refractivity contribution in [2.45, 2.75) is 12.8 Å². The summed E-state index contributed by atoms with van der Waals surface area (Å²) in [6.07, 6.45) is 0.866. The highest BCUT2D eigenvalue weighted by Gasteiger charge is 2.13. The summed E-state index contributed by atoms with van der Waals surface area (Å²) in [7, 11) is 1.57. The van der Waals surface area contributed by atoms with E-state index >= 15 is 0 Å². The van der Waals surface area contributed by atoms with E-state index in [-0.39, 0.29) is 24.2 Å². The number of amides is 2. The molecule has 0 aromatic heterocycles. The Balaban J connectivity index is 1.67. The predicted octanol–water partition coefficient (Wildman–Crippen LogP) is 3.08. The van der Waals surface area contributed by atoms with Crippen LogP contribution in [-0.4, -0.2) is 36.9 Å². The minimum absolute atomic E-state index is 0.0598. The molecular formula is C19H21FN2O3. The zero-order valence-corrected chi connectivity index (χ0v) is 14.1. The number of rotatable bonds is 8. The predicted molar refractivity (Wildman–Crippen MR) is 93.8 cm³/mol. The summed E-state index contributed by atoms with van der Waals surface area (Å²) in [5.41, 5.74) is 0.489. The van der Waals surface area contributed by atoms with Crippen molar-refractivity contribution in [3.8, 4) is 5.75 Å². The molecule has 0 aliphatic heterocycles. The van der Waals surface area contributed by atoms with Crippen LogP contribution in [-0.2, 0) is 9.59 Å². The third-order valence-electron chi connectivity index (χ3n) is 3.48. The maximum Gasteiger partial charge on any atom is 0.243 e. The highest BCUT2D eigenvalue weighted by atomic mass is 19.1. The van der Waals surface area contributed by atoms with Gasteiger partial charge in [0.25, 0.3) is 0 Å². The third kappa shape index (κ3) is 6.63. The molecule has 132 valence electrons. The lowest BCUT2D eigenvalue weighted by Gasteiger charge is -2.17. The molecular weight excluding hydrogens is 323 g/mol. The van der Waals surface area contributed by atoms with E-state index in [2.05, 4.69) is 5.32 Å². The van der Waals surface area contributed by atoms with Crippen molar-refractivity contribution < 1.29 is 18.7 Å². The number of carbonyl (C=O) groups excluding carboxylic acids is 2. The van der Waals surface area contributed by atoms with Crippen LogP contribution in [0.2, 0.25) is 0 Å². The highest BCUT2D eigenvalue weighted by Crippen LogP contribution is 2.10.